The van der Waals surface area contributed by atoms with Gasteiger partial charge in [-0.3, -0.25) is 9.69 Å². The summed E-state index contributed by atoms with van der Waals surface area (Å²) in [6, 6.07) is 8.67. The zero-order valence-corrected chi connectivity index (χ0v) is 12.7. The third kappa shape index (κ3) is 4.67. The SMILES string of the molecule is Cc1ccccc1C(=O)NCCN(C(C)C)C(C)C. The monoisotopic (exact) mass is 262 g/mol. The Morgan fingerprint density at radius 1 is 1.16 bits per heavy atom. The lowest BCUT2D eigenvalue weighted by atomic mass is 10.1. The molecule has 1 rings (SSSR count). The molecule has 19 heavy (non-hydrogen) atoms. The van der Waals surface area contributed by atoms with Gasteiger partial charge < -0.3 is 5.32 Å². The molecule has 0 radical (unpaired) electrons. The third-order valence-corrected chi connectivity index (χ3v) is 3.37. The fourth-order valence-electron chi connectivity index (χ4n) is 2.33. The molecule has 1 aromatic carbocycles. The number of nitrogens with zero attached hydrogens (tertiary/aromatic N) is 1. The van der Waals surface area contributed by atoms with Crippen LogP contribution in [0.15, 0.2) is 24.3 Å². The molecule has 1 N–H and O–H groups in total. The molecule has 1 amide bonds. The third-order valence-electron chi connectivity index (χ3n) is 3.37. The predicted molar refractivity (Wildman–Crippen MR) is 80.5 cm³/mol. The van der Waals surface area contributed by atoms with Crippen LogP contribution in [0.3, 0.4) is 0 Å². The van der Waals surface area contributed by atoms with Gasteiger partial charge in [-0.15, -0.1) is 0 Å². The highest BCUT2D eigenvalue weighted by molar-refractivity contribution is 5.95. The summed E-state index contributed by atoms with van der Waals surface area (Å²) >= 11 is 0. The van der Waals surface area contributed by atoms with Crippen molar-refractivity contribution in [2.24, 2.45) is 0 Å². The van der Waals surface area contributed by atoms with E-state index in [1.807, 2.05) is 31.2 Å². The molecule has 1 aromatic rings. The average Bonchev–Trinajstić information content (AvgIpc) is 2.33. The molecule has 0 bridgehead atoms. The molecule has 3 heteroatoms. The summed E-state index contributed by atoms with van der Waals surface area (Å²) in [6.07, 6.45) is 0. The van der Waals surface area contributed by atoms with E-state index in [-0.39, 0.29) is 5.91 Å². The van der Waals surface area contributed by atoms with Gasteiger partial charge in [-0.05, 0) is 46.2 Å². The van der Waals surface area contributed by atoms with Gasteiger partial charge in [-0.25, -0.2) is 0 Å². The van der Waals surface area contributed by atoms with Crippen LogP contribution in [0.1, 0.15) is 43.6 Å². The Morgan fingerprint density at radius 2 is 1.74 bits per heavy atom. The van der Waals surface area contributed by atoms with Crippen molar-refractivity contribution in [3.63, 3.8) is 0 Å². The van der Waals surface area contributed by atoms with Gasteiger partial charge in [0.1, 0.15) is 0 Å². The molecule has 0 atom stereocenters. The molecule has 0 heterocycles. The van der Waals surface area contributed by atoms with Gasteiger partial charge in [-0.1, -0.05) is 18.2 Å². The number of aryl methyl sites for hydroxylation is 1. The van der Waals surface area contributed by atoms with Crippen LogP contribution in [0.5, 0.6) is 0 Å². The Morgan fingerprint density at radius 3 is 2.26 bits per heavy atom. The fraction of sp³-hybridized carbons (Fsp3) is 0.562. The Bertz CT molecular complexity index is 405. The molecule has 0 aliphatic heterocycles. The second-order valence-electron chi connectivity index (χ2n) is 5.50. The van der Waals surface area contributed by atoms with Crippen LogP contribution in [0.2, 0.25) is 0 Å². The lowest BCUT2D eigenvalue weighted by Gasteiger charge is -2.30. The van der Waals surface area contributed by atoms with Crippen molar-refractivity contribution in [1.29, 1.82) is 0 Å². The zero-order chi connectivity index (χ0) is 14.4. The minimum Gasteiger partial charge on any atom is -0.351 e. The first-order valence-corrected chi connectivity index (χ1v) is 7.03. The summed E-state index contributed by atoms with van der Waals surface area (Å²) in [7, 11) is 0. The highest BCUT2D eigenvalue weighted by atomic mass is 16.1. The maximum atomic E-state index is 12.1. The first-order valence-electron chi connectivity index (χ1n) is 7.03. The van der Waals surface area contributed by atoms with Crippen molar-refractivity contribution < 1.29 is 4.79 Å². The molecule has 0 saturated carbocycles. The van der Waals surface area contributed by atoms with Gasteiger partial charge in [-0.2, -0.15) is 0 Å². The molecule has 0 aliphatic carbocycles. The first kappa shape index (κ1) is 15.7. The van der Waals surface area contributed by atoms with Gasteiger partial charge in [0.2, 0.25) is 0 Å². The Balaban J connectivity index is 2.49. The van der Waals surface area contributed by atoms with E-state index >= 15 is 0 Å². The van der Waals surface area contributed by atoms with E-state index in [9.17, 15) is 4.79 Å². The first-order chi connectivity index (χ1) is 8.93. The van der Waals surface area contributed by atoms with E-state index < -0.39 is 0 Å². The number of hydrogen-bond donors (Lipinski definition) is 1. The fourth-order valence-corrected chi connectivity index (χ4v) is 2.33. The summed E-state index contributed by atoms with van der Waals surface area (Å²) in [5.74, 6) is 0.0190. The van der Waals surface area contributed by atoms with E-state index in [1.54, 1.807) is 0 Å². The van der Waals surface area contributed by atoms with Crippen molar-refractivity contribution >= 4 is 5.91 Å². The molecular formula is C16H26N2O. The second kappa shape index (κ2) is 7.29. The van der Waals surface area contributed by atoms with E-state index in [2.05, 4.69) is 37.9 Å². The van der Waals surface area contributed by atoms with Crippen molar-refractivity contribution in [2.75, 3.05) is 13.1 Å². The number of benzene rings is 1. The lowest BCUT2D eigenvalue weighted by Crippen LogP contribution is -2.42. The highest BCUT2D eigenvalue weighted by Crippen LogP contribution is 2.07. The van der Waals surface area contributed by atoms with E-state index in [0.717, 1.165) is 17.7 Å². The van der Waals surface area contributed by atoms with Gasteiger partial charge in [0.25, 0.3) is 5.91 Å². The number of carbonyl (C=O) groups excluding carboxylic acids is 1. The molecule has 0 saturated heterocycles. The summed E-state index contributed by atoms with van der Waals surface area (Å²) in [5, 5.41) is 3.00. The van der Waals surface area contributed by atoms with Crippen LogP contribution in [-0.4, -0.2) is 36.0 Å². The van der Waals surface area contributed by atoms with Crippen LogP contribution in [-0.2, 0) is 0 Å². The molecule has 0 aromatic heterocycles. The summed E-state index contributed by atoms with van der Waals surface area (Å²) in [6.45, 7) is 12.3. The summed E-state index contributed by atoms with van der Waals surface area (Å²) < 4.78 is 0. The summed E-state index contributed by atoms with van der Waals surface area (Å²) in [5.41, 5.74) is 1.78. The minimum absolute atomic E-state index is 0.0190. The summed E-state index contributed by atoms with van der Waals surface area (Å²) in [4.78, 5) is 14.4. The second-order valence-corrected chi connectivity index (χ2v) is 5.50. The standard InChI is InChI=1S/C16H26N2O/c1-12(2)18(13(3)4)11-10-17-16(19)15-9-7-6-8-14(15)5/h6-9,12-13H,10-11H2,1-5H3,(H,17,19). The zero-order valence-electron chi connectivity index (χ0n) is 12.7. The van der Waals surface area contributed by atoms with Crippen LogP contribution in [0.25, 0.3) is 0 Å². The van der Waals surface area contributed by atoms with E-state index in [4.69, 9.17) is 0 Å². The maximum Gasteiger partial charge on any atom is 0.251 e. The molecule has 3 nitrogen and oxygen atoms in total. The number of carbonyl (C=O) groups is 1. The van der Waals surface area contributed by atoms with Crippen LogP contribution in [0, 0.1) is 6.92 Å². The van der Waals surface area contributed by atoms with E-state index in [0.29, 0.717) is 18.6 Å². The highest BCUT2D eigenvalue weighted by Gasteiger charge is 2.13. The molecule has 0 aliphatic rings. The van der Waals surface area contributed by atoms with Gasteiger partial charge in [0.05, 0.1) is 0 Å². The van der Waals surface area contributed by atoms with Crippen molar-refractivity contribution in [2.45, 2.75) is 46.7 Å². The number of hydrogen-bond acceptors (Lipinski definition) is 2. The van der Waals surface area contributed by atoms with Gasteiger partial charge in [0.15, 0.2) is 0 Å². The molecule has 0 fully saturated rings. The Hall–Kier alpha value is -1.35. The number of nitrogens with one attached hydrogen (secondary N) is 1. The molecular weight excluding hydrogens is 236 g/mol. The molecule has 0 unspecified atom stereocenters. The van der Waals surface area contributed by atoms with Crippen molar-refractivity contribution in [3.8, 4) is 0 Å². The number of rotatable bonds is 6. The topological polar surface area (TPSA) is 32.3 Å². The molecule has 106 valence electrons. The van der Waals surface area contributed by atoms with Crippen LogP contribution < -0.4 is 5.32 Å². The Kier molecular flexibility index (Phi) is 6.03. The van der Waals surface area contributed by atoms with Crippen molar-refractivity contribution in [3.05, 3.63) is 35.4 Å². The van der Waals surface area contributed by atoms with Crippen LogP contribution >= 0.6 is 0 Å². The van der Waals surface area contributed by atoms with Crippen molar-refractivity contribution in [1.82, 2.24) is 10.2 Å². The van der Waals surface area contributed by atoms with E-state index in [1.165, 1.54) is 0 Å². The normalized spacial score (nSPS) is 11.4. The predicted octanol–water partition coefficient (Wildman–Crippen LogP) is 2.84. The maximum absolute atomic E-state index is 12.1. The smallest absolute Gasteiger partial charge is 0.251 e. The van der Waals surface area contributed by atoms with Gasteiger partial charge >= 0.3 is 0 Å². The Labute approximate surface area is 117 Å². The lowest BCUT2D eigenvalue weighted by molar-refractivity contribution is 0.0939. The molecule has 0 spiro atoms. The number of amides is 1. The minimum atomic E-state index is 0.0190. The largest absolute Gasteiger partial charge is 0.351 e. The van der Waals surface area contributed by atoms with Gasteiger partial charge in [0, 0.05) is 30.7 Å². The quantitative estimate of drug-likeness (QED) is 0.855. The average molecular weight is 262 g/mol. The van der Waals surface area contributed by atoms with Crippen LogP contribution in [0.4, 0.5) is 0 Å².